The Hall–Kier alpha value is -2.10. The highest BCUT2D eigenvalue weighted by Gasteiger charge is 2.28. The Morgan fingerprint density at radius 1 is 1.24 bits per heavy atom. The van der Waals surface area contributed by atoms with E-state index in [1.807, 2.05) is 0 Å². The van der Waals surface area contributed by atoms with E-state index in [4.69, 9.17) is 9.84 Å². The molecule has 1 rings (SSSR count). The van der Waals surface area contributed by atoms with E-state index >= 15 is 0 Å². The summed E-state index contributed by atoms with van der Waals surface area (Å²) in [5, 5.41) is 11.4. The summed E-state index contributed by atoms with van der Waals surface area (Å²) in [7, 11) is 0. The number of rotatable bonds is 5. The van der Waals surface area contributed by atoms with Gasteiger partial charge >= 0.3 is 17.8 Å². The van der Waals surface area contributed by atoms with Gasteiger partial charge in [-0.05, 0) is 50.5 Å². The van der Waals surface area contributed by atoms with Gasteiger partial charge in [0.15, 0.2) is 0 Å². The number of hydrogen-bond acceptors (Lipinski definition) is 5. The summed E-state index contributed by atoms with van der Waals surface area (Å²) in [4.78, 5) is 47.5. The number of aromatic nitrogens is 2. The standard InChI is InChI=1S/C15H22BrN3O6/c1-14(2,3)25-12(23)17-8-15(4,5)19-11(22)9(16)6-18(13(19)24)7-10(20)21/h6H,7-8H2,1-5H3,(H,17,23)(H,20,21). The molecule has 1 aromatic heterocycles. The number of halogens is 1. The van der Waals surface area contributed by atoms with Crippen molar-refractivity contribution < 1.29 is 19.4 Å². The summed E-state index contributed by atoms with van der Waals surface area (Å²) in [6, 6.07) is 0. The Morgan fingerprint density at radius 2 is 1.80 bits per heavy atom. The molecule has 25 heavy (non-hydrogen) atoms. The Bertz CT molecular complexity index is 788. The second kappa shape index (κ2) is 7.42. The van der Waals surface area contributed by atoms with Crippen LogP contribution in [0.1, 0.15) is 34.6 Å². The molecule has 0 spiro atoms. The summed E-state index contributed by atoms with van der Waals surface area (Å²) in [6.45, 7) is 7.62. The van der Waals surface area contributed by atoms with Crippen molar-refractivity contribution >= 4 is 28.0 Å². The predicted molar refractivity (Wildman–Crippen MR) is 93.9 cm³/mol. The molecule has 140 valence electrons. The van der Waals surface area contributed by atoms with Crippen molar-refractivity contribution in [2.24, 2.45) is 0 Å². The number of carboxylic acid groups (broad SMARTS) is 1. The van der Waals surface area contributed by atoms with Crippen LogP contribution in [0.15, 0.2) is 20.3 Å². The molecule has 0 saturated heterocycles. The minimum Gasteiger partial charge on any atom is -0.480 e. The lowest BCUT2D eigenvalue weighted by Gasteiger charge is -2.28. The van der Waals surface area contributed by atoms with E-state index in [0.29, 0.717) is 0 Å². The zero-order valence-electron chi connectivity index (χ0n) is 14.8. The van der Waals surface area contributed by atoms with Crippen LogP contribution in [0.25, 0.3) is 0 Å². The molecule has 0 saturated carbocycles. The Labute approximate surface area is 152 Å². The third kappa shape index (κ3) is 5.73. The van der Waals surface area contributed by atoms with Gasteiger partial charge in [-0.3, -0.25) is 18.7 Å². The van der Waals surface area contributed by atoms with E-state index in [1.54, 1.807) is 34.6 Å². The molecule has 0 aromatic carbocycles. The number of alkyl carbamates (subject to hydrolysis) is 1. The Morgan fingerprint density at radius 3 is 2.28 bits per heavy atom. The van der Waals surface area contributed by atoms with Crippen molar-refractivity contribution in [1.82, 2.24) is 14.5 Å². The molecule has 1 heterocycles. The second-order valence-electron chi connectivity index (χ2n) is 7.09. The van der Waals surface area contributed by atoms with Crippen LogP contribution in [-0.4, -0.2) is 38.4 Å². The van der Waals surface area contributed by atoms with Crippen LogP contribution in [0.5, 0.6) is 0 Å². The number of hydrogen-bond donors (Lipinski definition) is 2. The van der Waals surface area contributed by atoms with E-state index in [1.165, 1.54) is 0 Å². The predicted octanol–water partition coefficient (Wildman–Crippen LogP) is 1.12. The summed E-state index contributed by atoms with van der Waals surface area (Å²) in [6.07, 6.45) is 0.446. The number of carboxylic acids is 1. The number of carbonyl (C=O) groups excluding carboxylic acids is 1. The van der Waals surface area contributed by atoms with Crippen LogP contribution in [0.2, 0.25) is 0 Å². The van der Waals surface area contributed by atoms with Crippen LogP contribution in [0.4, 0.5) is 4.79 Å². The van der Waals surface area contributed by atoms with Crippen molar-refractivity contribution in [1.29, 1.82) is 0 Å². The first kappa shape index (κ1) is 20.9. The topological polar surface area (TPSA) is 120 Å². The van der Waals surface area contributed by atoms with Crippen LogP contribution < -0.4 is 16.6 Å². The van der Waals surface area contributed by atoms with Gasteiger partial charge in [-0.1, -0.05) is 0 Å². The molecule has 0 aliphatic heterocycles. The minimum absolute atomic E-state index is 0.0405. The first-order valence-electron chi connectivity index (χ1n) is 7.46. The molecule has 1 aromatic rings. The van der Waals surface area contributed by atoms with Crippen molar-refractivity contribution in [2.75, 3.05) is 6.54 Å². The number of ether oxygens (including phenoxy) is 1. The molecule has 9 nitrogen and oxygen atoms in total. The van der Waals surface area contributed by atoms with Gasteiger partial charge in [0.05, 0.1) is 10.0 Å². The fraction of sp³-hybridized carbons (Fsp3) is 0.600. The van der Waals surface area contributed by atoms with Crippen molar-refractivity contribution in [3.8, 4) is 0 Å². The van der Waals surface area contributed by atoms with Gasteiger partial charge in [0, 0.05) is 12.7 Å². The number of amides is 1. The van der Waals surface area contributed by atoms with E-state index in [9.17, 15) is 19.2 Å². The number of nitrogens with one attached hydrogen (secondary N) is 1. The van der Waals surface area contributed by atoms with E-state index in [0.717, 1.165) is 15.3 Å². The summed E-state index contributed by atoms with van der Waals surface area (Å²) >= 11 is 3.04. The molecule has 0 bridgehead atoms. The highest BCUT2D eigenvalue weighted by Crippen LogP contribution is 2.12. The number of nitrogens with zero attached hydrogens (tertiary/aromatic N) is 2. The van der Waals surface area contributed by atoms with E-state index in [2.05, 4.69) is 21.2 Å². The summed E-state index contributed by atoms with van der Waals surface area (Å²) in [5.41, 5.74) is -3.21. The average molecular weight is 420 g/mol. The molecule has 0 radical (unpaired) electrons. The molecule has 2 N–H and O–H groups in total. The second-order valence-corrected chi connectivity index (χ2v) is 7.94. The maximum atomic E-state index is 12.5. The van der Waals surface area contributed by atoms with Crippen LogP contribution >= 0.6 is 15.9 Å². The SMILES string of the molecule is CC(C)(C)OC(=O)NCC(C)(C)n1c(=O)c(Br)cn(CC(=O)O)c1=O. The van der Waals surface area contributed by atoms with Gasteiger partial charge in [0.1, 0.15) is 12.1 Å². The van der Waals surface area contributed by atoms with Crippen molar-refractivity contribution in [3.63, 3.8) is 0 Å². The maximum absolute atomic E-state index is 12.5. The highest BCUT2D eigenvalue weighted by atomic mass is 79.9. The number of carbonyl (C=O) groups is 2. The number of aliphatic carboxylic acids is 1. The van der Waals surface area contributed by atoms with Gasteiger partial charge < -0.3 is 15.2 Å². The van der Waals surface area contributed by atoms with Crippen LogP contribution in [-0.2, 0) is 21.6 Å². The minimum atomic E-state index is -1.22. The molecule has 0 fully saturated rings. The normalized spacial score (nSPS) is 11.9. The maximum Gasteiger partial charge on any atom is 0.407 e. The molecule has 0 unspecified atom stereocenters. The van der Waals surface area contributed by atoms with Gasteiger partial charge in [0.2, 0.25) is 0 Å². The van der Waals surface area contributed by atoms with Gasteiger partial charge in [-0.2, -0.15) is 0 Å². The fourth-order valence-electron chi connectivity index (χ4n) is 2.04. The first-order chi connectivity index (χ1) is 11.2. The zero-order valence-corrected chi connectivity index (χ0v) is 16.3. The third-order valence-electron chi connectivity index (χ3n) is 3.09. The molecule has 0 aliphatic rings. The van der Waals surface area contributed by atoms with E-state index < -0.39 is 41.0 Å². The van der Waals surface area contributed by atoms with Crippen molar-refractivity contribution in [3.05, 3.63) is 31.5 Å². The first-order valence-corrected chi connectivity index (χ1v) is 8.25. The molecule has 10 heteroatoms. The highest BCUT2D eigenvalue weighted by molar-refractivity contribution is 9.10. The Kier molecular flexibility index (Phi) is 6.22. The monoisotopic (exact) mass is 419 g/mol. The van der Waals surface area contributed by atoms with E-state index in [-0.39, 0.29) is 11.0 Å². The third-order valence-corrected chi connectivity index (χ3v) is 3.63. The van der Waals surface area contributed by atoms with Crippen molar-refractivity contribution in [2.45, 2.75) is 52.3 Å². The van der Waals surface area contributed by atoms with Crippen LogP contribution in [0, 0.1) is 0 Å². The largest absolute Gasteiger partial charge is 0.480 e. The summed E-state index contributed by atoms with van der Waals surface area (Å²) in [5.74, 6) is -1.22. The van der Waals surface area contributed by atoms with Gasteiger partial charge in [0.25, 0.3) is 5.56 Å². The molecule has 0 aliphatic carbocycles. The van der Waals surface area contributed by atoms with Crippen LogP contribution in [0.3, 0.4) is 0 Å². The average Bonchev–Trinajstić information content (AvgIpc) is 2.40. The van der Waals surface area contributed by atoms with Gasteiger partial charge in [-0.25, -0.2) is 9.59 Å². The fourth-order valence-corrected chi connectivity index (χ4v) is 2.47. The lowest BCUT2D eigenvalue weighted by atomic mass is 10.1. The molecular weight excluding hydrogens is 398 g/mol. The molecular formula is C15H22BrN3O6. The molecule has 1 amide bonds. The smallest absolute Gasteiger partial charge is 0.407 e. The lowest BCUT2D eigenvalue weighted by Crippen LogP contribution is -2.54. The van der Waals surface area contributed by atoms with Gasteiger partial charge in [-0.15, -0.1) is 0 Å². The molecule has 0 atom stereocenters. The quantitative estimate of drug-likeness (QED) is 0.737. The Balaban J connectivity index is 3.18. The summed E-state index contributed by atoms with van der Waals surface area (Å²) < 4.78 is 6.97. The zero-order chi connectivity index (χ0) is 19.6. The lowest BCUT2D eigenvalue weighted by molar-refractivity contribution is -0.137.